The van der Waals surface area contributed by atoms with Gasteiger partial charge in [-0.1, -0.05) is 11.6 Å². The molecule has 0 aliphatic heterocycles. The minimum absolute atomic E-state index is 0.0103. The van der Waals surface area contributed by atoms with Crippen LogP contribution in [-0.2, 0) is 13.2 Å². The number of aromatic nitrogens is 1. The predicted octanol–water partition coefficient (Wildman–Crippen LogP) is 4.34. The van der Waals surface area contributed by atoms with Gasteiger partial charge in [0.15, 0.2) is 11.5 Å². The molecular weight excluding hydrogens is 366 g/mol. The van der Waals surface area contributed by atoms with Crippen molar-refractivity contribution in [1.29, 1.82) is 0 Å². The summed E-state index contributed by atoms with van der Waals surface area (Å²) in [5.41, 5.74) is 2.89. The maximum Gasteiger partial charge on any atom is 0.162 e. The van der Waals surface area contributed by atoms with Gasteiger partial charge in [-0.05, 0) is 77.2 Å². The van der Waals surface area contributed by atoms with E-state index in [1.165, 1.54) is 0 Å². The number of nitrogens with zero attached hydrogens (tertiary/aromatic N) is 1. The van der Waals surface area contributed by atoms with Crippen LogP contribution in [0.3, 0.4) is 0 Å². The molecule has 3 rings (SSSR count). The van der Waals surface area contributed by atoms with Crippen LogP contribution in [0.15, 0.2) is 36.5 Å². The van der Waals surface area contributed by atoms with Gasteiger partial charge in [0.2, 0.25) is 0 Å². The normalized spacial score (nSPS) is 11.2. The zero-order valence-electron chi connectivity index (χ0n) is 15.5. The minimum Gasteiger partial charge on any atom is -0.493 e. The van der Waals surface area contributed by atoms with Crippen molar-refractivity contribution >= 4 is 22.4 Å². The van der Waals surface area contributed by atoms with Crippen molar-refractivity contribution in [2.24, 2.45) is 0 Å². The van der Waals surface area contributed by atoms with Crippen LogP contribution in [0.2, 0.25) is 5.15 Å². The summed E-state index contributed by atoms with van der Waals surface area (Å²) in [4.78, 5) is 4.03. The van der Waals surface area contributed by atoms with E-state index in [9.17, 15) is 10.2 Å². The second-order valence-corrected chi connectivity index (χ2v) is 6.85. The molecule has 0 fully saturated rings. The van der Waals surface area contributed by atoms with Gasteiger partial charge in [0.25, 0.3) is 0 Å². The predicted molar refractivity (Wildman–Crippen MR) is 106 cm³/mol. The molecule has 0 radical (unpaired) electrons. The molecule has 0 amide bonds. The summed E-state index contributed by atoms with van der Waals surface area (Å²) in [5, 5.41) is 21.9. The number of benzene rings is 2. The molecular formula is C21H22ClNO4. The maximum absolute atomic E-state index is 10.0. The molecule has 0 unspecified atom stereocenters. The van der Waals surface area contributed by atoms with Crippen molar-refractivity contribution < 1.29 is 19.7 Å². The van der Waals surface area contributed by atoms with Gasteiger partial charge >= 0.3 is 0 Å². The molecule has 2 N–H and O–H groups in total. The lowest BCUT2D eigenvalue weighted by molar-refractivity contribution is 0.230. The van der Waals surface area contributed by atoms with Crippen molar-refractivity contribution in [3.8, 4) is 22.6 Å². The van der Waals surface area contributed by atoms with Crippen LogP contribution in [0.5, 0.6) is 11.5 Å². The molecule has 2 aromatic carbocycles. The van der Waals surface area contributed by atoms with Crippen molar-refractivity contribution in [2.75, 3.05) is 7.11 Å². The van der Waals surface area contributed by atoms with Gasteiger partial charge in [0.05, 0.1) is 26.4 Å². The second kappa shape index (κ2) is 8.13. The lowest BCUT2D eigenvalue weighted by Crippen LogP contribution is -2.07. The molecule has 0 aliphatic rings. The van der Waals surface area contributed by atoms with E-state index in [2.05, 4.69) is 4.98 Å². The first-order chi connectivity index (χ1) is 13.0. The molecule has 142 valence electrons. The Morgan fingerprint density at radius 3 is 2.44 bits per heavy atom. The van der Waals surface area contributed by atoms with Crippen LogP contribution in [0.25, 0.3) is 21.9 Å². The van der Waals surface area contributed by atoms with Crippen molar-refractivity contribution in [3.63, 3.8) is 0 Å². The van der Waals surface area contributed by atoms with Crippen LogP contribution in [-0.4, -0.2) is 28.4 Å². The average molecular weight is 388 g/mol. The van der Waals surface area contributed by atoms with Gasteiger partial charge in [-0.3, -0.25) is 0 Å². The van der Waals surface area contributed by atoms with Crippen LogP contribution in [0.4, 0.5) is 0 Å². The zero-order chi connectivity index (χ0) is 19.6. The number of hydrogen-bond acceptors (Lipinski definition) is 5. The number of aliphatic hydroxyl groups excluding tert-OH is 2. The van der Waals surface area contributed by atoms with Crippen LogP contribution >= 0.6 is 11.6 Å². The number of halogens is 1. The van der Waals surface area contributed by atoms with Crippen molar-refractivity contribution in [1.82, 2.24) is 4.98 Å². The highest BCUT2D eigenvalue weighted by Gasteiger charge is 2.18. The summed E-state index contributed by atoms with van der Waals surface area (Å²) >= 11 is 6.09. The standard InChI is InChI=1S/C21H22ClNO4/c1-12(2)27-19-7-14-6-15(10-24)17(11-25)21(16(14)9-18(19)26-3)13-4-5-23-20(22)8-13/h4-9,12,24-25H,10-11H2,1-3H3. The lowest BCUT2D eigenvalue weighted by atomic mass is 9.90. The molecule has 1 heterocycles. The Morgan fingerprint density at radius 1 is 1.07 bits per heavy atom. The number of ether oxygens (including phenoxy) is 2. The maximum atomic E-state index is 10.0. The highest BCUT2D eigenvalue weighted by Crippen LogP contribution is 2.41. The molecule has 1 aromatic heterocycles. The Labute approximate surface area is 163 Å². The Morgan fingerprint density at radius 2 is 1.85 bits per heavy atom. The Bertz CT molecular complexity index is 972. The lowest BCUT2D eigenvalue weighted by Gasteiger charge is -2.19. The number of methoxy groups -OCH3 is 1. The molecule has 0 saturated heterocycles. The van der Waals surface area contributed by atoms with E-state index < -0.39 is 0 Å². The first-order valence-electron chi connectivity index (χ1n) is 8.65. The summed E-state index contributed by atoms with van der Waals surface area (Å²) < 4.78 is 11.4. The Kier molecular flexibility index (Phi) is 5.85. The molecule has 27 heavy (non-hydrogen) atoms. The van der Waals surface area contributed by atoms with Crippen LogP contribution in [0.1, 0.15) is 25.0 Å². The fourth-order valence-corrected chi connectivity index (χ4v) is 3.40. The monoisotopic (exact) mass is 387 g/mol. The van der Waals surface area contributed by atoms with E-state index in [0.717, 1.165) is 21.9 Å². The highest BCUT2D eigenvalue weighted by molar-refractivity contribution is 6.29. The average Bonchev–Trinajstić information content (AvgIpc) is 2.65. The Hall–Kier alpha value is -2.34. The molecule has 0 atom stereocenters. The van der Waals surface area contributed by atoms with Gasteiger partial charge in [-0.2, -0.15) is 0 Å². The smallest absolute Gasteiger partial charge is 0.162 e. The first-order valence-corrected chi connectivity index (χ1v) is 9.03. The van der Waals surface area contributed by atoms with Crippen LogP contribution in [0, 0.1) is 0 Å². The topological polar surface area (TPSA) is 71.8 Å². The van der Waals surface area contributed by atoms with Gasteiger partial charge in [0.1, 0.15) is 5.15 Å². The van der Waals surface area contributed by atoms with Gasteiger partial charge < -0.3 is 19.7 Å². The highest BCUT2D eigenvalue weighted by atomic mass is 35.5. The molecule has 5 nitrogen and oxygen atoms in total. The third-order valence-electron chi connectivity index (χ3n) is 4.33. The quantitative estimate of drug-likeness (QED) is 0.616. The first kappa shape index (κ1) is 19.4. The largest absolute Gasteiger partial charge is 0.493 e. The van der Waals surface area contributed by atoms with Gasteiger partial charge in [-0.25, -0.2) is 4.98 Å². The van der Waals surface area contributed by atoms with E-state index in [-0.39, 0.29) is 19.3 Å². The summed E-state index contributed by atoms with van der Waals surface area (Å²) in [6.07, 6.45) is 1.60. The van der Waals surface area contributed by atoms with Gasteiger partial charge in [-0.15, -0.1) is 0 Å². The van der Waals surface area contributed by atoms with Gasteiger partial charge in [0, 0.05) is 6.20 Å². The van der Waals surface area contributed by atoms with E-state index >= 15 is 0 Å². The summed E-state index contributed by atoms with van der Waals surface area (Å²) in [7, 11) is 1.59. The molecule has 3 aromatic rings. The second-order valence-electron chi connectivity index (χ2n) is 6.46. The van der Waals surface area contributed by atoms with Crippen LogP contribution < -0.4 is 9.47 Å². The summed E-state index contributed by atoms with van der Waals surface area (Å²) in [5.74, 6) is 1.22. The molecule has 0 saturated carbocycles. The summed E-state index contributed by atoms with van der Waals surface area (Å²) in [6, 6.07) is 9.20. The summed E-state index contributed by atoms with van der Waals surface area (Å²) in [6.45, 7) is 3.49. The SMILES string of the molecule is COc1cc2c(-c3ccnc(Cl)c3)c(CO)c(CO)cc2cc1OC(C)C. The third-order valence-corrected chi connectivity index (χ3v) is 4.54. The minimum atomic E-state index is -0.215. The molecule has 6 heteroatoms. The molecule has 0 aliphatic carbocycles. The zero-order valence-corrected chi connectivity index (χ0v) is 16.2. The third kappa shape index (κ3) is 3.86. The van der Waals surface area contributed by atoms with E-state index in [0.29, 0.717) is 27.8 Å². The van der Waals surface area contributed by atoms with E-state index in [4.69, 9.17) is 21.1 Å². The molecule has 0 spiro atoms. The Balaban J connectivity index is 2.39. The van der Waals surface area contributed by atoms with E-state index in [1.807, 2.05) is 38.1 Å². The van der Waals surface area contributed by atoms with Crippen molar-refractivity contribution in [3.05, 3.63) is 52.8 Å². The number of hydrogen-bond donors (Lipinski definition) is 2. The molecule has 0 bridgehead atoms. The number of rotatable bonds is 6. The number of fused-ring (bicyclic) bond motifs is 1. The van der Waals surface area contributed by atoms with Crippen molar-refractivity contribution in [2.45, 2.75) is 33.2 Å². The number of aliphatic hydroxyl groups is 2. The van der Waals surface area contributed by atoms with E-state index in [1.54, 1.807) is 19.4 Å². The number of pyridine rings is 1. The fourth-order valence-electron chi connectivity index (χ4n) is 3.22. The fraction of sp³-hybridized carbons (Fsp3) is 0.286.